The molecule has 0 amide bonds. The Bertz CT molecular complexity index is 929. The van der Waals surface area contributed by atoms with Crippen LogP contribution in [-0.4, -0.2) is 21.1 Å². The van der Waals surface area contributed by atoms with Crippen molar-refractivity contribution in [3.63, 3.8) is 0 Å². The van der Waals surface area contributed by atoms with Gasteiger partial charge in [0.05, 0.1) is 11.3 Å². The molecule has 26 heavy (non-hydrogen) atoms. The Hall–Kier alpha value is -2.20. The van der Waals surface area contributed by atoms with Crippen molar-refractivity contribution in [3.05, 3.63) is 52.0 Å². The fourth-order valence-corrected chi connectivity index (χ4v) is 4.19. The molecule has 0 saturated carbocycles. The van der Waals surface area contributed by atoms with Crippen LogP contribution in [0.15, 0.2) is 18.2 Å². The summed E-state index contributed by atoms with van der Waals surface area (Å²) in [5.74, 6) is 0.400. The summed E-state index contributed by atoms with van der Waals surface area (Å²) in [5, 5.41) is 4.90. The molecule has 2 N–H and O–H groups in total. The molecule has 4 heteroatoms. The van der Waals surface area contributed by atoms with E-state index in [4.69, 9.17) is 15.8 Å². The van der Waals surface area contributed by atoms with Gasteiger partial charge in [-0.15, -0.1) is 0 Å². The third-order valence-corrected chi connectivity index (χ3v) is 5.27. The van der Waals surface area contributed by atoms with Crippen molar-refractivity contribution in [2.24, 2.45) is 5.73 Å². The Morgan fingerprint density at radius 2 is 1.65 bits per heavy atom. The van der Waals surface area contributed by atoms with E-state index in [1.165, 1.54) is 27.9 Å². The predicted molar refractivity (Wildman–Crippen MR) is 109 cm³/mol. The molecule has 0 fully saturated rings. The molecule has 0 aliphatic carbocycles. The van der Waals surface area contributed by atoms with Crippen molar-refractivity contribution in [2.45, 2.75) is 60.3 Å². The molecule has 2 aromatic heterocycles. The van der Waals surface area contributed by atoms with Gasteiger partial charge in [-0.2, -0.15) is 5.10 Å². The largest absolute Gasteiger partial charge is 0.330 e. The van der Waals surface area contributed by atoms with Crippen LogP contribution in [0.3, 0.4) is 0 Å². The van der Waals surface area contributed by atoms with E-state index >= 15 is 0 Å². The van der Waals surface area contributed by atoms with Gasteiger partial charge in [0.1, 0.15) is 0 Å². The summed E-state index contributed by atoms with van der Waals surface area (Å²) in [6, 6.07) is 6.65. The standard InChI is InChI=1S/C22H30N4/c1-7-18(8-9-23)19-12-16(5)24-22-21(17(6)25-26(19)22)20-14(3)10-13(2)11-15(20)4/h10-12,18H,7-9,23H2,1-6H3. The average molecular weight is 351 g/mol. The van der Waals surface area contributed by atoms with E-state index in [0.29, 0.717) is 12.5 Å². The molecule has 0 aliphatic rings. The van der Waals surface area contributed by atoms with E-state index in [9.17, 15) is 0 Å². The number of benzene rings is 1. The maximum atomic E-state index is 5.86. The van der Waals surface area contributed by atoms with Crippen molar-refractivity contribution in [1.29, 1.82) is 0 Å². The molecule has 1 unspecified atom stereocenters. The van der Waals surface area contributed by atoms with Crippen molar-refractivity contribution < 1.29 is 0 Å². The lowest BCUT2D eigenvalue weighted by molar-refractivity contribution is 0.578. The Kier molecular flexibility index (Phi) is 5.15. The highest BCUT2D eigenvalue weighted by Crippen LogP contribution is 2.35. The Morgan fingerprint density at radius 3 is 2.23 bits per heavy atom. The van der Waals surface area contributed by atoms with E-state index in [2.05, 4.69) is 64.3 Å². The molecular weight excluding hydrogens is 320 g/mol. The molecule has 0 radical (unpaired) electrons. The van der Waals surface area contributed by atoms with Crippen LogP contribution in [0.25, 0.3) is 16.8 Å². The lowest BCUT2D eigenvalue weighted by atomic mass is 9.93. The molecular formula is C22H30N4. The summed E-state index contributed by atoms with van der Waals surface area (Å²) in [5.41, 5.74) is 16.4. The minimum Gasteiger partial charge on any atom is -0.330 e. The number of aromatic nitrogens is 3. The highest BCUT2D eigenvalue weighted by molar-refractivity contribution is 5.84. The van der Waals surface area contributed by atoms with E-state index in [1.807, 2.05) is 0 Å². The third kappa shape index (κ3) is 3.14. The summed E-state index contributed by atoms with van der Waals surface area (Å²) in [4.78, 5) is 4.88. The molecule has 3 aromatic rings. The zero-order chi connectivity index (χ0) is 19.0. The highest BCUT2D eigenvalue weighted by atomic mass is 15.3. The smallest absolute Gasteiger partial charge is 0.163 e. The Balaban J connectivity index is 2.33. The highest BCUT2D eigenvalue weighted by Gasteiger charge is 2.21. The number of nitrogens with two attached hydrogens (primary N) is 1. The lowest BCUT2D eigenvalue weighted by Crippen LogP contribution is -2.12. The minimum absolute atomic E-state index is 0.400. The van der Waals surface area contributed by atoms with Crippen molar-refractivity contribution in [1.82, 2.24) is 14.6 Å². The number of rotatable bonds is 5. The first kappa shape index (κ1) is 18.6. The van der Waals surface area contributed by atoms with Gasteiger partial charge in [-0.25, -0.2) is 9.50 Å². The van der Waals surface area contributed by atoms with Crippen molar-refractivity contribution in [2.75, 3.05) is 6.54 Å². The zero-order valence-corrected chi connectivity index (χ0v) is 16.8. The maximum absolute atomic E-state index is 5.86. The zero-order valence-electron chi connectivity index (χ0n) is 16.8. The van der Waals surface area contributed by atoms with Gasteiger partial charge in [0.25, 0.3) is 0 Å². The molecule has 3 rings (SSSR count). The topological polar surface area (TPSA) is 56.2 Å². The maximum Gasteiger partial charge on any atom is 0.163 e. The minimum atomic E-state index is 0.400. The summed E-state index contributed by atoms with van der Waals surface area (Å²) < 4.78 is 2.06. The molecule has 1 atom stereocenters. The van der Waals surface area contributed by atoms with Crippen LogP contribution in [0.5, 0.6) is 0 Å². The predicted octanol–water partition coefficient (Wildman–Crippen LogP) is 4.78. The molecule has 0 bridgehead atoms. The fraction of sp³-hybridized carbons (Fsp3) is 0.455. The summed E-state index contributed by atoms with van der Waals surface area (Å²) in [7, 11) is 0. The van der Waals surface area contributed by atoms with Crippen LogP contribution < -0.4 is 5.73 Å². The number of nitrogens with zero attached hydrogens (tertiary/aromatic N) is 3. The van der Waals surface area contributed by atoms with Gasteiger partial charge >= 0.3 is 0 Å². The second-order valence-electron chi connectivity index (χ2n) is 7.47. The van der Waals surface area contributed by atoms with Crippen LogP contribution in [-0.2, 0) is 0 Å². The van der Waals surface area contributed by atoms with Gasteiger partial charge < -0.3 is 5.73 Å². The monoisotopic (exact) mass is 350 g/mol. The Labute approximate surface area is 156 Å². The summed E-state index contributed by atoms with van der Waals surface area (Å²) in [6.07, 6.45) is 2.01. The molecule has 1 aromatic carbocycles. The van der Waals surface area contributed by atoms with Crippen LogP contribution >= 0.6 is 0 Å². The van der Waals surface area contributed by atoms with Crippen LogP contribution in [0, 0.1) is 34.6 Å². The van der Waals surface area contributed by atoms with E-state index < -0.39 is 0 Å². The van der Waals surface area contributed by atoms with Crippen molar-refractivity contribution in [3.8, 4) is 11.1 Å². The van der Waals surface area contributed by atoms with Gasteiger partial charge in [0, 0.05) is 17.3 Å². The van der Waals surface area contributed by atoms with Gasteiger partial charge in [-0.1, -0.05) is 24.6 Å². The second-order valence-corrected chi connectivity index (χ2v) is 7.47. The first-order valence-corrected chi connectivity index (χ1v) is 9.52. The van der Waals surface area contributed by atoms with Crippen LogP contribution in [0.1, 0.15) is 59.5 Å². The number of fused-ring (bicyclic) bond motifs is 1. The summed E-state index contributed by atoms with van der Waals surface area (Å²) >= 11 is 0. The number of aryl methyl sites for hydroxylation is 5. The summed E-state index contributed by atoms with van der Waals surface area (Å²) in [6.45, 7) is 13.6. The first-order chi connectivity index (χ1) is 12.4. The normalized spacial score (nSPS) is 12.7. The molecule has 4 nitrogen and oxygen atoms in total. The third-order valence-electron chi connectivity index (χ3n) is 5.27. The van der Waals surface area contributed by atoms with Gasteiger partial charge in [-0.05, 0) is 76.8 Å². The Morgan fingerprint density at radius 1 is 1.00 bits per heavy atom. The lowest BCUT2D eigenvalue weighted by Gasteiger charge is -2.16. The number of hydrogen-bond donors (Lipinski definition) is 1. The van der Waals surface area contributed by atoms with E-state index in [-0.39, 0.29) is 0 Å². The van der Waals surface area contributed by atoms with E-state index in [1.54, 1.807) is 0 Å². The molecule has 2 heterocycles. The van der Waals surface area contributed by atoms with E-state index in [0.717, 1.165) is 35.4 Å². The van der Waals surface area contributed by atoms with Crippen molar-refractivity contribution >= 4 is 5.65 Å². The molecule has 138 valence electrons. The molecule has 0 aliphatic heterocycles. The van der Waals surface area contributed by atoms with Crippen LogP contribution in [0.2, 0.25) is 0 Å². The second kappa shape index (κ2) is 7.20. The quantitative estimate of drug-likeness (QED) is 0.720. The molecule has 0 spiro atoms. The molecule has 0 saturated heterocycles. The fourth-order valence-electron chi connectivity index (χ4n) is 4.19. The van der Waals surface area contributed by atoms with Gasteiger partial charge in [0.15, 0.2) is 5.65 Å². The van der Waals surface area contributed by atoms with Gasteiger partial charge in [0.2, 0.25) is 0 Å². The average Bonchev–Trinajstić information content (AvgIpc) is 2.88. The SMILES string of the molecule is CCC(CCN)c1cc(C)nc2c(-c3c(C)cc(C)cc3C)c(C)nn12. The first-order valence-electron chi connectivity index (χ1n) is 9.52. The van der Waals surface area contributed by atoms with Gasteiger partial charge in [-0.3, -0.25) is 0 Å². The van der Waals surface area contributed by atoms with Crippen LogP contribution in [0.4, 0.5) is 0 Å². The number of hydrogen-bond acceptors (Lipinski definition) is 3.